The number of rotatable bonds is 4. The van der Waals surface area contributed by atoms with E-state index in [-0.39, 0.29) is 6.04 Å². The van der Waals surface area contributed by atoms with Gasteiger partial charge < -0.3 is 0 Å². The van der Waals surface area contributed by atoms with Crippen LogP contribution in [0.4, 0.5) is 0 Å². The number of nitrogens with zero attached hydrogens (tertiary/aromatic N) is 1. The van der Waals surface area contributed by atoms with Crippen LogP contribution in [0.1, 0.15) is 29.7 Å². The molecule has 0 spiro atoms. The van der Waals surface area contributed by atoms with Gasteiger partial charge in [0.05, 0.1) is 0 Å². The first-order valence-corrected chi connectivity index (χ1v) is 12.3. The fraction of sp³-hybridized carbons (Fsp3) is 0.194. The molecule has 1 aliphatic rings. The minimum Gasteiger partial charge on any atom is -0.300 e. The lowest BCUT2D eigenvalue weighted by atomic mass is 9.86. The highest BCUT2D eigenvalue weighted by molar-refractivity contribution is 6.30. The van der Waals surface area contributed by atoms with Crippen molar-refractivity contribution < 1.29 is 4.79 Å². The quantitative estimate of drug-likeness (QED) is 0.119. The number of carbonyl (C=O) groups is 1. The molecule has 3 heteroatoms. The van der Waals surface area contributed by atoms with Crippen LogP contribution in [-0.4, -0.2) is 22.7 Å². The SMILES string of the molecule is CC(Cl)(C=O)N1CCc2ccccc2C1Cc1cccc2c1ccc1c3ccccc3ccc21. The van der Waals surface area contributed by atoms with Crippen molar-refractivity contribution in [2.75, 3.05) is 6.54 Å². The number of alkyl halides is 1. The van der Waals surface area contributed by atoms with Gasteiger partial charge in [0.25, 0.3) is 0 Å². The second kappa shape index (κ2) is 8.23. The van der Waals surface area contributed by atoms with Crippen molar-refractivity contribution in [2.45, 2.75) is 30.8 Å². The summed E-state index contributed by atoms with van der Waals surface area (Å²) in [5.41, 5.74) is 3.89. The van der Waals surface area contributed by atoms with Crippen LogP contribution in [-0.2, 0) is 17.6 Å². The Morgan fingerprint density at radius 1 is 0.824 bits per heavy atom. The molecule has 0 aliphatic carbocycles. The predicted octanol–water partition coefficient (Wildman–Crippen LogP) is 7.44. The van der Waals surface area contributed by atoms with Crippen LogP contribution >= 0.6 is 11.6 Å². The molecule has 0 saturated carbocycles. The second-order valence-electron chi connectivity index (χ2n) is 9.46. The minimum atomic E-state index is -1.03. The second-order valence-corrected chi connectivity index (χ2v) is 10.2. The van der Waals surface area contributed by atoms with Crippen molar-refractivity contribution in [1.29, 1.82) is 0 Å². The first kappa shape index (κ1) is 21.3. The first-order chi connectivity index (χ1) is 16.6. The Kier molecular flexibility index (Phi) is 5.17. The number of hydrogen-bond acceptors (Lipinski definition) is 2. The van der Waals surface area contributed by atoms with Gasteiger partial charge in [-0.1, -0.05) is 103 Å². The first-order valence-electron chi connectivity index (χ1n) is 11.9. The Morgan fingerprint density at radius 3 is 2.38 bits per heavy atom. The molecule has 2 atom stereocenters. The summed E-state index contributed by atoms with van der Waals surface area (Å²) in [6.45, 7) is 2.57. The largest absolute Gasteiger partial charge is 0.300 e. The van der Waals surface area contributed by atoms with E-state index >= 15 is 0 Å². The van der Waals surface area contributed by atoms with Gasteiger partial charge in [0.1, 0.15) is 5.00 Å². The highest BCUT2D eigenvalue weighted by Gasteiger charge is 2.38. The van der Waals surface area contributed by atoms with Crippen LogP contribution in [0.3, 0.4) is 0 Å². The molecule has 2 unspecified atom stereocenters. The maximum absolute atomic E-state index is 11.9. The molecule has 1 heterocycles. The summed E-state index contributed by atoms with van der Waals surface area (Å²) in [7, 11) is 0. The summed E-state index contributed by atoms with van der Waals surface area (Å²) < 4.78 is 0. The minimum absolute atomic E-state index is 0.0375. The van der Waals surface area contributed by atoms with Gasteiger partial charge in [0, 0.05) is 12.6 Å². The molecule has 1 aliphatic heterocycles. The fourth-order valence-electron chi connectivity index (χ4n) is 5.77. The third-order valence-electron chi connectivity index (χ3n) is 7.48. The fourth-order valence-corrected chi connectivity index (χ4v) is 5.97. The zero-order valence-corrected chi connectivity index (χ0v) is 19.9. The molecule has 0 bridgehead atoms. The van der Waals surface area contributed by atoms with Crippen LogP contribution in [0.15, 0.2) is 91.0 Å². The molecular formula is C31H26ClNO. The maximum atomic E-state index is 11.9. The number of hydrogen-bond donors (Lipinski definition) is 0. The molecular weight excluding hydrogens is 438 g/mol. The van der Waals surface area contributed by atoms with Crippen LogP contribution in [0, 0.1) is 0 Å². The van der Waals surface area contributed by atoms with E-state index in [1.54, 1.807) is 0 Å². The summed E-state index contributed by atoms with van der Waals surface area (Å²) in [5, 5.41) is 7.62. The molecule has 34 heavy (non-hydrogen) atoms. The van der Waals surface area contributed by atoms with Gasteiger partial charge in [0.15, 0.2) is 6.29 Å². The lowest BCUT2D eigenvalue weighted by molar-refractivity contribution is -0.115. The normalized spacial score (nSPS) is 18.1. The van der Waals surface area contributed by atoms with Gasteiger partial charge in [-0.05, 0) is 68.8 Å². The van der Waals surface area contributed by atoms with E-state index in [0.29, 0.717) is 0 Å². The number of benzene rings is 5. The van der Waals surface area contributed by atoms with E-state index in [4.69, 9.17) is 11.6 Å². The highest BCUT2D eigenvalue weighted by Crippen LogP contribution is 2.40. The summed E-state index contributed by atoms with van der Waals surface area (Å²) in [5.74, 6) is 0. The molecule has 6 rings (SSSR count). The summed E-state index contributed by atoms with van der Waals surface area (Å²) >= 11 is 6.74. The van der Waals surface area contributed by atoms with Crippen LogP contribution in [0.2, 0.25) is 0 Å². The molecule has 0 saturated heterocycles. The van der Waals surface area contributed by atoms with E-state index in [9.17, 15) is 4.79 Å². The van der Waals surface area contributed by atoms with E-state index < -0.39 is 5.00 Å². The monoisotopic (exact) mass is 463 g/mol. The average molecular weight is 464 g/mol. The van der Waals surface area contributed by atoms with Crippen molar-refractivity contribution in [3.63, 3.8) is 0 Å². The molecule has 168 valence electrons. The van der Waals surface area contributed by atoms with Gasteiger partial charge >= 0.3 is 0 Å². The summed E-state index contributed by atoms with van der Waals surface area (Å²) in [4.78, 5) is 13.1. The Balaban J connectivity index is 1.51. The molecule has 0 amide bonds. The summed E-state index contributed by atoms with van der Waals surface area (Å²) in [6, 6.07) is 32.8. The molecule has 0 fully saturated rings. The maximum Gasteiger partial charge on any atom is 0.155 e. The number of halogens is 1. The van der Waals surface area contributed by atoms with E-state index in [0.717, 1.165) is 25.7 Å². The Morgan fingerprint density at radius 2 is 1.50 bits per heavy atom. The van der Waals surface area contributed by atoms with E-state index in [1.807, 2.05) is 6.92 Å². The standard InChI is InChI=1S/C31H26ClNO/c1-31(32,20-34)33-18-17-22-8-3-5-11-26(22)30(33)19-23-9-6-12-27-25(23)15-16-28-24-10-4-2-7-21(24)13-14-29(27)28/h2-16,20,30H,17-19H2,1H3. The van der Waals surface area contributed by atoms with Crippen LogP contribution in [0.5, 0.6) is 0 Å². The average Bonchev–Trinajstić information content (AvgIpc) is 2.88. The van der Waals surface area contributed by atoms with Crippen molar-refractivity contribution in [1.82, 2.24) is 4.90 Å². The Bertz CT molecular complexity index is 1550. The van der Waals surface area contributed by atoms with Crippen molar-refractivity contribution in [2.24, 2.45) is 0 Å². The lowest BCUT2D eigenvalue weighted by Gasteiger charge is -2.43. The molecule has 5 aromatic carbocycles. The molecule has 0 radical (unpaired) electrons. The zero-order valence-electron chi connectivity index (χ0n) is 19.2. The highest BCUT2D eigenvalue weighted by atomic mass is 35.5. The Labute approximate surface area is 204 Å². The molecule has 0 aromatic heterocycles. The van der Waals surface area contributed by atoms with Crippen molar-refractivity contribution in [3.05, 3.63) is 108 Å². The van der Waals surface area contributed by atoms with Gasteiger partial charge in [-0.25, -0.2) is 0 Å². The van der Waals surface area contributed by atoms with Crippen LogP contribution < -0.4 is 0 Å². The Hall–Kier alpha value is -3.20. The number of carbonyl (C=O) groups excluding carboxylic acids is 1. The van der Waals surface area contributed by atoms with Gasteiger partial charge in [0.2, 0.25) is 0 Å². The number of aldehydes is 1. The third kappa shape index (κ3) is 3.41. The number of fused-ring (bicyclic) bond motifs is 6. The zero-order chi connectivity index (χ0) is 23.3. The topological polar surface area (TPSA) is 20.3 Å². The van der Waals surface area contributed by atoms with Gasteiger partial charge in [-0.3, -0.25) is 9.69 Å². The third-order valence-corrected chi connectivity index (χ3v) is 7.78. The molecule has 0 N–H and O–H groups in total. The van der Waals surface area contributed by atoms with Crippen LogP contribution in [0.25, 0.3) is 32.3 Å². The van der Waals surface area contributed by atoms with Gasteiger partial charge in [-0.2, -0.15) is 0 Å². The summed E-state index contributed by atoms with van der Waals surface area (Å²) in [6.07, 6.45) is 2.57. The van der Waals surface area contributed by atoms with E-state index in [1.165, 1.54) is 49.0 Å². The molecule has 2 nitrogen and oxygen atoms in total. The van der Waals surface area contributed by atoms with Gasteiger partial charge in [-0.15, -0.1) is 0 Å². The molecule has 5 aromatic rings. The van der Waals surface area contributed by atoms with E-state index in [2.05, 4.69) is 95.9 Å². The lowest BCUT2D eigenvalue weighted by Crippen LogP contribution is -2.49. The van der Waals surface area contributed by atoms with Crippen molar-refractivity contribution in [3.8, 4) is 0 Å². The smallest absolute Gasteiger partial charge is 0.155 e. The van der Waals surface area contributed by atoms with Crippen molar-refractivity contribution >= 4 is 50.2 Å². The predicted molar refractivity (Wildman–Crippen MR) is 143 cm³/mol.